The van der Waals surface area contributed by atoms with Gasteiger partial charge >= 0.3 is 0 Å². The number of hydrogen-bond acceptors (Lipinski definition) is 3. The molecule has 0 amide bonds. The number of phenolic OH excluding ortho intramolecular Hbond substituents is 1. The standard InChI is InChI=1S/C9H7O3/c1-2-6-3-8-9(4-7(6)10)12-5-11-8/h1-4,10H,5H2. The van der Waals surface area contributed by atoms with E-state index in [0.717, 1.165) is 0 Å². The first-order valence-electron chi connectivity index (χ1n) is 3.49. The van der Waals surface area contributed by atoms with Crippen molar-refractivity contribution in [1.29, 1.82) is 0 Å². The lowest BCUT2D eigenvalue weighted by molar-refractivity contribution is 0.174. The first kappa shape index (κ1) is 7.03. The molecule has 1 aliphatic rings. The van der Waals surface area contributed by atoms with E-state index in [1.807, 2.05) is 0 Å². The molecule has 1 heterocycles. The molecule has 0 aliphatic carbocycles. The van der Waals surface area contributed by atoms with Crippen LogP contribution < -0.4 is 9.47 Å². The van der Waals surface area contributed by atoms with Gasteiger partial charge in [-0.05, 0) is 6.07 Å². The highest BCUT2D eigenvalue weighted by Gasteiger charge is 2.15. The molecule has 61 valence electrons. The second kappa shape index (κ2) is 2.44. The van der Waals surface area contributed by atoms with Crippen molar-refractivity contribution < 1.29 is 14.6 Å². The van der Waals surface area contributed by atoms with Crippen LogP contribution in [-0.2, 0) is 0 Å². The van der Waals surface area contributed by atoms with E-state index in [0.29, 0.717) is 17.1 Å². The SMILES string of the molecule is [CH]=Cc1cc2c(cc1O)OCO2. The number of hydrogen-bond donors (Lipinski definition) is 1. The summed E-state index contributed by atoms with van der Waals surface area (Å²) in [7, 11) is 0. The molecule has 0 spiro atoms. The summed E-state index contributed by atoms with van der Waals surface area (Å²) in [5, 5.41) is 9.33. The number of phenols is 1. The van der Waals surface area contributed by atoms with Crippen LogP contribution in [0.3, 0.4) is 0 Å². The van der Waals surface area contributed by atoms with E-state index in [4.69, 9.17) is 16.1 Å². The van der Waals surface area contributed by atoms with Crippen LogP contribution in [0.25, 0.3) is 6.08 Å². The number of fused-ring (bicyclic) bond motifs is 1. The molecule has 1 aliphatic heterocycles. The van der Waals surface area contributed by atoms with E-state index in [1.165, 1.54) is 12.1 Å². The Morgan fingerprint density at radius 2 is 2.00 bits per heavy atom. The predicted octanol–water partition coefficient (Wildman–Crippen LogP) is 1.57. The minimum atomic E-state index is 0.0988. The molecule has 1 radical (unpaired) electrons. The molecule has 0 atom stereocenters. The van der Waals surface area contributed by atoms with Crippen molar-refractivity contribution in [2.75, 3.05) is 6.79 Å². The monoisotopic (exact) mass is 163 g/mol. The van der Waals surface area contributed by atoms with Gasteiger partial charge in [0.1, 0.15) is 5.75 Å². The van der Waals surface area contributed by atoms with Gasteiger partial charge in [0.05, 0.1) is 0 Å². The van der Waals surface area contributed by atoms with Gasteiger partial charge in [0, 0.05) is 11.6 Å². The van der Waals surface area contributed by atoms with Gasteiger partial charge < -0.3 is 14.6 Å². The fraction of sp³-hybridized carbons (Fsp3) is 0.111. The highest BCUT2D eigenvalue weighted by Crippen LogP contribution is 2.37. The van der Waals surface area contributed by atoms with Gasteiger partial charge in [-0.1, -0.05) is 12.7 Å². The average molecular weight is 163 g/mol. The topological polar surface area (TPSA) is 38.7 Å². The van der Waals surface area contributed by atoms with E-state index >= 15 is 0 Å². The lowest BCUT2D eigenvalue weighted by Gasteiger charge is -2.00. The molecule has 0 fully saturated rings. The average Bonchev–Trinajstić information content (AvgIpc) is 2.49. The predicted molar refractivity (Wildman–Crippen MR) is 43.0 cm³/mol. The Morgan fingerprint density at radius 3 is 2.67 bits per heavy atom. The zero-order chi connectivity index (χ0) is 8.55. The zero-order valence-electron chi connectivity index (χ0n) is 6.28. The summed E-state index contributed by atoms with van der Waals surface area (Å²) in [5.74, 6) is 1.27. The van der Waals surface area contributed by atoms with Crippen LogP contribution >= 0.6 is 0 Å². The molecule has 0 saturated heterocycles. The summed E-state index contributed by atoms with van der Waals surface area (Å²) in [4.78, 5) is 0. The van der Waals surface area contributed by atoms with Crippen molar-refractivity contribution in [2.45, 2.75) is 0 Å². The second-order valence-corrected chi connectivity index (χ2v) is 2.43. The van der Waals surface area contributed by atoms with Gasteiger partial charge in [-0.3, -0.25) is 0 Å². The molecular weight excluding hydrogens is 156 g/mol. The van der Waals surface area contributed by atoms with Gasteiger partial charge in [-0.25, -0.2) is 0 Å². The Morgan fingerprint density at radius 1 is 1.33 bits per heavy atom. The van der Waals surface area contributed by atoms with E-state index in [-0.39, 0.29) is 12.5 Å². The van der Waals surface area contributed by atoms with Crippen molar-refractivity contribution in [1.82, 2.24) is 0 Å². The third-order valence-corrected chi connectivity index (χ3v) is 1.70. The number of rotatable bonds is 1. The van der Waals surface area contributed by atoms with Crippen LogP contribution in [-0.4, -0.2) is 11.9 Å². The maximum atomic E-state index is 9.33. The summed E-state index contributed by atoms with van der Waals surface area (Å²) in [6.45, 7) is 5.46. The maximum absolute atomic E-state index is 9.33. The first-order chi connectivity index (χ1) is 5.81. The molecule has 1 aromatic rings. The summed E-state index contributed by atoms with van der Waals surface area (Å²) >= 11 is 0. The van der Waals surface area contributed by atoms with E-state index in [1.54, 1.807) is 6.07 Å². The molecule has 2 rings (SSSR count). The van der Waals surface area contributed by atoms with Gasteiger partial charge in [-0.2, -0.15) is 0 Å². The Labute approximate surface area is 69.9 Å². The summed E-state index contributed by atoms with van der Waals surface area (Å²) in [6, 6.07) is 3.12. The van der Waals surface area contributed by atoms with Crippen LogP contribution in [0.4, 0.5) is 0 Å². The molecule has 0 unspecified atom stereocenters. The van der Waals surface area contributed by atoms with Gasteiger partial charge in [0.25, 0.3) is 0 Å². The molecule has 1 N–H and O–H groups in total. The molecule has 1 aromatic carbocycles. The summed E-state index contributed by atoms with van der Waals surface area (Å²) in [6.07, 6.45) is 1.32. The summed E-state index contributed by atoms with van der Waals surface area (Å²) in [5.41, 5.74) is 0.541. The Balaban J connectivity index is 2.56. The van der Waals surface area contributed by atoms with Crippen molar-refractivity contribution >= 4 is 6.08 Å². The zero-order valence-corrected chi connectivity index (χ0v) is 6.28. The first-order valence-corrected chi connectivity index (χ1v) is 3.49. The highest BCUT2D eigenvalue weighted by atomic mass is 16.7. The fourth-order valence-electron chi connectivity index (χ4n) is 1.08. The molecule has 3 nitrogen and oxygen atoms in total. The van der Waals surface area contributed by atoms with Gasteiger partial charge in [0.15, 0.2) is 11.5 Å². The van der Waals surface area contributed by atoms with E-state index < -0.39 is 0 Å². The van der Waals surface area contributed by atoms with Crippen LogP contribution in [0.15, 0.2) is 12.1 Å². The quantitative estimate of drug-likeness (QED) is 0.682. The van der Waals surface area contributed by atoms with Crippen molar-refractivity contribution in [3.05, 3.63) is 24.3 Å². The van der Waals surface area contributed by atoms with Gasteiger partial charge in [-0.15, -0.1) is 0 Å². The number of benzene rings is 1. The lowest BCUT2D eigenvalue weighted by atomic mass is 10.2. The normalized spacial score (nSPS) is 13.0. The number of aromatic hydroxyl groups is 1. The molecule has 3 heteroatoms. The Hall–Kier alpha value is -1.64. The third kappa shape index (κ3) is 0.906. The third-order valence-electron chi connectivity index (χ3n) is 1.70. The van der Waals surface area contributed by atoms with Crippen molar-refractivity contribution in [3.63, 3.8) is 0 Å². The number of ether oxygens (including phenoxy) is 2. The minimum absolute atomic E-state index is 0.0988. The van der Waals surface area contributed by atoms with Crippen LogP contribution in [0.2, 0.25) is 0 Å². The smallest absolute Gasteiger partial charge is 0.231 e. The molecule has 12 heavy (non-hydrogen) atoms. The van der Waals surface area contributed by atoms with Crippen molar-refractivity contribution in [3.8, 4) is 17.2 Å². The fourth-order valence-corrected chi connectivity index (χ4v) is 1.08. The highest BCUT2D eigenvalue weighted by molar-refractivity contribution is 5.61. The Kier molecular flexibility index (Phi) is 1.43. The van der Waals surface area contributed by atoms with Crippen LogP contribution in [0.5, 0.6) is 17.2 Å². The molecule has 0 saturated carbocycles. The Bertz CT molecular complexity index is 331. The molecular formula is C9H7O3. The van der Waals surface area contributed by atoms with Gasteiger partial charge in [0.2, 0.25) is 6.79 Å². The second-order valence-electron chi connectivity index (χ2n) is 2.43. The summed E-state index contributed by atoms with van der Waals surface area (Å²) < 4.78 is 10.1. The lowest BCUT2D eigenvalue weighted by Crippen LogP contribution is -1.92. The largest absolute Gasteiger partial charge is 0.507 e. The van der Waals surface area contributed by atoms with E-state index in [2.05, 4.69) is 0 Å². The minimum Gasteiger partial charge on any atom is -0.507 e. The maximum Gasteiger partial charge on any atom is 0.231 e. The van der Waals surface area contributed by atoms with Crippen molar-refractivity contribution in [2.24, 2.45) is 0 Å². The van der Waals surface area contributed by atoms with Crippen LogP contribution in [0, 0.1) is 6.58 Å². The molecule has 0 bridgehead atoms. The van der Waals surface area contributed by atoms with Crippen LogP contribution in [0.1, 0.15) is 5.56 Å². The molecule has 0 aromatic heterocycles. The van der Waals surface area contributed by atoms with E-state index in [9.17, 15) is 5.11 Å².